The van der Waals surface area contributed by atoms with Crippen molar-refractivity contribution in [2.24, 2.45) is 0 Å². The first-order chi connectivity index (χ1) is 7.06. The quantitative estimate of drug-likeness (QED) is 0.407. The van der Waals surface area contributed by atoms with Crippen LogP contribution in [-0.4, -0.2) is 55.6 Å². The molecule has 0 aromatic rings. The fourth-order valence-electron chi connectivity index (χ4n) is 0.850. The van der Waals surface area contributed by atoms with Crippen molar-refractivity contribution in [3.63, 3.8) is 0 Å². The van der Waals surface area contributed by atoms with E-state index < -0.39 is 5.79 Å². The van der Waals surface area contributed by atoms with E-state index in [1.807, 2.05) is 0 Å². The van der Waals surface area contributed by atoms with Crippen LogP contribution in [0.5, 0.6) is 0 Å². The first-order valence-electron chi connectivity index (χ1n) is 5.24. The summed E-state index contributed by atoms with van der Waals surface area (Å²) < 4.78 is 15.3. The number of hydrogen-bond acceptors (Lipinski definition) is 5. The summed E-state index contributed by atoms with van der Waals surface area (Å²) in [6.07, 6.45) is 1.01. The summed E-state index contributed by atoms with van der Waals surface area (Å²) in [5.41, 5.74) is 0. The van der Waals surface area contributed by atoms with Gasteiger partial charge in [-0.05, 0) is 13.3 Å². The zero-order valence-electron chi connectivity index (χ0n) is 9.57. The van der Waals surface area contributed by atoms with Crippen LogP contribution in [-0.2, 0) is 14.2 Å². The maximum Gasteiger partial charge on any atom is 0.183 e. The minimum Gasteiger partial charge on any atom is -0.379 e. The normalized spacial score (nSPS) is 12.0. The van der Waals surface area contributed by atoms with Crippen molar-refractivity contribution in [1.29, 1.82) is 0 Å². The standard InChI is InChI=1S/C10H22O5/c1-3-4-13-5-6-14-7-8-15-9-10(2,11)12/h11-12H,3-9H2,1-2H3. The van der Waals surface area contributed by atoms with Crippen LogP contribution in [0.1, 0.15) is 20.3 Å². The van der Waals surface area contributed by atoms with Crippen LogP contribution < -0.4 is 0 Å². The summed E-state index contributed by atoms with van der Waals surface area (Å²) >= 11 is 0. The Morgan fingerprint density at radius 1 is 0.867 bits per heavy atom. The van der Waals surface area contributed by atoms with E-state index in [-0.39, 0.29) is 6.61 Å². The molecule has 0 spiro atoms. The molecule has 0 radical (unpaired) electrons. The van der Waals surface area contributed by atoms with Gasteiger partial charge < -0.3 is 24.4 Å². The van der Waals surface area contributed by atoms with E-state index in [4.69, 9.17) is 24.4 Å². The summed E-state index contributed by atoms with van der Waals surface area (Å²) in [7, 11) is 0. The van der Waals surface area contributed by atoms with Crippen molar-refractivity contribution in [3.8, 4) is 0 Å². The van der Waals surface area contributed by atoms with Gasteiger partial charge in [0.15, 0.2) is 5.79 Å². The van der Waals surface area contributed by atoms with Gasteiger partial charge in [-0.1, -0.05) is 6.92 Å². The van der Waals surface area contributed by atoms with Crippen LogP contribution in [0.15, 0.2) is 0 Å². The highest BCUT2D eigenvalue weighted by Crippen LogP contribution is 1.96. The van der Waals surface area contributed by atoms with Crippen molar-refractivity contribution in [3.05, 3.63) is 0 Å². The van der Waals surface area contributed by atoms with E-state index in [2.05, 4.69) is 6.92 Å². The van der Waals surface area contributed by atoms with E-state index >= 15 is 0 Å². The van der Waals surface area contributed by atoms with E-state index in [1.165, 1.54) is 6.92 Å². The van der Waals surface area contributed by atoms with Gasteiger partial charge in [0.25, 0.3) is 0 Å². The molecule has 92 valence electrons. The van der Waals surface area contributed by atoms with Gasteiger partial charge in [-0.15, -0.1) is 0 Å². The molecule has 0 saturated heterocycles. The number of hydrogen-bond donors (Lipinski definition) is 2. The van der Waals surface area contributed by atoms with Gasteiger partial charge in [-0.3, -0.25) is 0 Å². The maximum absolute atomic E-state index is 8.89. The van der Waals surface area contributed by atoms with Crippen molar-refractivity contribution in [2.45, 2.75) is 26.1 Å². The largest absolute Gasteiger partial charge is 0.379 e. The van der Waals surface area contributed by atoms with Gasteiger partial charge in [-0.25, -0.2) is 0 Å². The molecule has 2 N–H and O–H groups in total. The Kier molecular flexibility index (Phi) is 8.94. The summed E-state index contributed by atoms with van der Waals surface area (Å²) in [5.74, 6) is -1.76. The average Bonchev–Trinajstić information content (AvgIpc) is 2.14. The first kappa shape index (κ1) is 14.8. The second kappa shape index (κ2) is 9.06. The molecular formula is C10H22O5. The monoisotopic (exact) mass is 222 g/mol. The zero-order valence-corrected chi connectivity index (χ0v) is 9.57. The fraction of sp³-hybridized carbons (Fsp3) is 1.00. The van der Waals surface area contributed by atoms with Gasteiger partial charge in [0, 0.05) is 6.61 Å². The third-order valence-corrected chi connectivity index (χ3v) is 1.47. The van der Waals surface area contributed by atoms with Crippen LogP contribution >= 0.6 is 0 Å². The van der Waals surface area contributed by atoms with Crippen LogP contribution in [0.4, 0.5) is 0 Å². The predicted molar refractivity (Wildman–Crippen MR) is 55.6 cm³/mol. The fourth-order valence-corrected chi connectivity index (χ4v) is 0.850. The lowest BCUT2D eigenvalue weighted by Gasteiger charge is -2.15. The summed E-state index contributed by atoms with van der Waals surface area (Å²) in [6.45, 7) is 5.89. The summed E-state index contributed by atoms with van der Waals surface area (Å²) in [4.78, 5) is 0. The molecule has 5 heteroatoms. The van der Waals surface area contributed by atoms with E-state index in [1.54, 1.807) is 0 Å². The van der Waals surface area contributed by atoms with Crippen molar-refractivity contribution in [2.75, 3.05) is 39.6 Å². The maximum atomic E-state index is 8.89. The Labute approximate surface area is 91.0 Å². The number of aliphatic hydroxyl groups is 2. The molecule has 0 heterocycles. The molecule has 0 atom stereocenters. The lowest BCUT2D eigenvalue weighted by atomic mass is 10.4. The Hall–Kier alpha value is -0.200. The molecular weight excluding hydrogens is 200 g/mol. The number of ether oxygens (including phenoxy) is 3. The third-order valence-electron chi connectivity index (χ3n) is 1.47. The Morgan fingerprint density at radius 2 is 1.33 bits per heavy atom. The molecule has 0 aliphatic rings. The lowest BCUT2D eigenvalue weighted by molar-refractivity contribution is -0.185. The van der Waals surface area contributed by atoms with Gasteiger partial charge in [0.1, 0.15) is 6.61 Å². The predicted octanol–water partition coefficient (Wildman–Crippen LogP) is 0.147. The second-order valence-corrected chi connectivity index (χ2v) is 3.49. The van der Waals surface area contributed by atoms with Gasteiger partial charge in [-0.2, -0.15) is 0 Å². The molecule has 0 unspecified atom stereocenters. The second-order valence-electron chi connectivity index (χ2n) is 3.49. The minimum absolute atomic E-state index is 0.108. The van der Waals surface area contributed by atoms with Gasteiger partial charge >= 0.3 is 0 Å². The van der Waals surface area contributed by atoms with E-state index in [0.717, 1.165) is 13.0 Å². The molecule has 0 rings (SSSR count). The Bertz CT molecular complexity index is 132. The minimum atomic E-state index is -1.76. The first-order valence-corrected chi connectivity index (χ1v) is 5.24. The van der Waals surface area contributed by atoms with Crippen LogP contribution in [0.25, 0.3) is 0 Å². The highest BCUT2D eigenvalue weighted by atomic mass is 16.6. The molecule has 0 amide bonds. The average molecular weight is 222 g/mol. The van der Waals surface area contributed by atoms with Gasteiger partial charge in [0.05, 0.1) is 26.4 Å². The molecule has 15 heavy (non-hydrogen) atoms. The topological polar surface area (TPSA) is 68.2 Å². The van der Waals surface area contributed by atoms with Crippen molar-refractivity contribution >= 4 is 0 Å². The zero-order chi connectivity index (χ0) is 11.6. The lowest BCUT2D eigenvalue weighted by Crippen LogP contribution is -2.30. The molecule has 0 aliphatic heterocycles. The molecule has 0 fully saturated rings. The van der Waals surface area contributed by atoms with Crippen LogP contribution in [0, 0.1) is 0 Å². The number of rotatable bonds is 10. The molecule has 5 nitrogen and oxygen atoms in total. The molecule has 0 aromatic carbocycles. The summed E-state index contributed by atoms with van der Waals surface area (Å²) in [6, 6.07) is 0. The van der Waals surface area contributed by atoms with Crippen molar-refractivity contribution in [1.82, 2.24) is 0 Å². The molecule has 0 saturated carbocycles. The molecule has 0 aromatic heterocycles. The van der Waals surface area contributed by atoms with E-state index in [0.29, 0.717) is 26.4 Å². The van der Waals surface area contributed by atoms with Gasteiger partial charge in [0.2, 0.25) is 0 Å². The Morgan fingerprint density at radius 3 is 1.80 bits per heavy atom. The van der Waals surface area contributed by atoms with Crippen LogP contribution in [0.2, 0.25) is 0 Å². The van der Waals surface area contributed by atoms with Crippen LogP contribution in [0.3, 0.4) is 0 Å². The highest BCUT2D eigenvalue weighted by Gasteiger charge is 2.14. The highest BCUT2D eigenvalue weighted by molar-refractivity contribution is 4.52. The molecule has 0 bridgehead atoms. The third kappa shape index (κ3) is 13.8. The Balaban J connectivity index is 2.99. The van der Waals surface area contributed by atoms with E-state index in [9.17, 15) is 0 Å². The molecule has 0 aliphatic carbocycles. The smallest absolute Gasteiger partial charge is 0.183 e. The summed E-state index contributed by atoms with van der Waals surface area (Å²) in [5, 5.41) is 17.8. The SMILES string of the molecule is CCCOCCOCCOCC(C)(O)O. The van der Waals surface area contributed by atoms with Crippen molar-refractivity contribution < 1.29 is 24.4 Å².